The number of esters is 1. The van der Waals surface area contributed by atoms with Crippen molar-refractivity contribution in [2.45, 2.75) is 33.1 Å². The molecule has 2 aliphatic heterocycles. The van der Waals surface area contributed by atoms with Crippen molar-refractivity contribution < 1.29 is 23.9 Å². The van der Waals surface area contributed by atoms with Crippen LogP contribution in [0, 0.1) is 11.8 Å². The van der Waals surface area contributed by atoms with E-state index in [2.05, 4.69) is 12.2 Å². The van der Waals surface area contributed by atoms with E-state index in [1.54, 1.807) is 36.1 Å². The molecule has 2 aliphatic rings. The Morgan fingerprint density at radius 3 is 2.58 bits per heavy atom. The van der Waals surface area contributed by atoms with Crippen LogP contribution in [-0.2, 0) is 14.3 Å². The first-order valence-corrected chi connectivity index (χ1v) is 11.2. The van der Waals surface area contributed by atoms with Crippen LogP contribution in [0.3, 0.4) is 0 Å². The summed E-state index contributed by atoms with van der Waals surface area (Å²) in [4.78, 5) is 41.1. The Balaban J connectivity index is 1.55. The third-order valence-corrected chi connectivity index (χ3v) is 6.13. The van der Waals surface area contributed by atoms with E-state index in [0.717, 1.165) is 12.8 Å². The molecule has 1 N–H and O–H groups in total. The van der Waals surface area contributed by atoms with Crippen LogP contribution in [0.4, 0.5) is 10.5 Å². The molecule has 0 radical (unpaired) electrons. The van der Waals surface area contributed by atoms with Crippen LogP contribution in [-0.4, -0.2) is 73.7 Å². The number of amides is 3. The van der Waals surface area contributed by atoms with Crippen LogP contribution in [0.25, 0.3) is 0 Å². The van der Waals surface area contributed by atoms with Gasteiger partial charge in [0.15, 0.2) is 0 Å². The molecule has 8 nitrogen and oxygen atoms in total. The normalized spacial score (nSPS) is 21.5. The minimum Gasteiger partial charge on any atom is -0.462 e. The van der Waals surface area contributed by atoms with E-state index in [-0.39, 0.29) is 23.8 Å². The van der Waals surface area contributed by atoms with Gasteiger partial charge in [0.2, 0.25) is 5.91 Å². The quantitative estimate of drug-likeness (QED) is 0.700. The molecule has 31 heavy (non-hydrogen) atoms. The summed E-state index contributed by atoms with van der Waals surface area (Å²) in [7, 11) is 0. The van der Waals surface area contributed by atoms with Crippen molar-refractivity contribution in [1.29, 1.82) is 0 Å². The number of carbonyl (C=O) groups is 3. The van der Waals surface area contributed by atoms with Crippen molar-refractivity contribution in [3.05, 3.63) is 29.8 Å². The molecule has 0 saturated carbocycles. The van der Waals surface area contributed by atoms with Crippen molar-refractivity contribution in [2.24, 2.45) is 11.8 Å². The molecule has 3 rings (SSSR count). The summed E-state index contributed by atoms with van der Waals surface area (Å²) >= 11 is 0. The third kappa shape index (κ3) is 6.19. The molecule has 0 aromatic heterocycles. The van der Waals surface area contributed by atoms with Crippen LogP contribution < -0.4 is 5.32 Å². The summed E-state index contributed by atoms with van der Waals surface area (Å²) in [6, 6.07) is 6.59. The van der Waals surface area contributed by atoms with Gasteiger partial charge in [0.1, 0.15) is 0 Å². The summed E-state index contributed by atoms with van der Waals surface area (Å²) in [6.45, 7) is 7.97. The van der Waals surface area contributed by atoms with Gasteiger partial charge in [-0.1, -0.05) is 19.4 Å². The average molecular weight is 432 g/mol. The van der Waals surface area contributed by atoms with E-state index in [4.69, 9.17) is 9.47 Å². The van der Waals surface area contributed by atoms with Crippen LogP contribution in [0.1, 0.15) is 43.5 Å². The van der Waals surface area contributed by atoms with Gasteiger partial charge in [-0.15, -0.1) is 0 Å². The number of nitrogens with one attached hydrogen (secondary N) is 1. The first kappa shape index (κ1) is 23.1. The highest BCUT2D eigenvalue weighted by atomic mass is 16.5. The molecular formula is C23H33N3O5. The van der Waals surface area contributed by atoms with Crippen LogP contribution in [0.5, 0.6) is 0 Å². The van der Waals surface area contributed by atoms with Crippen molar-refractivity contribution in [3.8, 4) is 0 Å². The molecule has 2 saturated heterocycles. The molecule has 1 aromatic carbocycles. The summed E-state index contributed by atoms with van der Waals surface area (Å²) in [5.74, 6) is 0.364. The number of anilines is 1. The Hall–Kier alpha value is -2.61. The predicted molar refractivity (Wildman–Crippen MR) is 117 cm³/mol. The predicted octanol–water partition coefficient (Wildman–Crippen LogP) is 2.99. The SMILES string of the molecule is CCOC(=O)c1cccc(NC(=O)N2CCC(CC(=O)N3CCOCC3)C(CC)C2)c1. The van der Waals surface area contributed by atoms with E-state index in [0.29, 0.717) is 63.7 Å². The van der Waals surface area contributed by atoms with Crippen LogP contribution in [0.15, 0.2) is 24.3 Å². The Bertz CT molecular complexity index is 778. The zero-order chi connectivity index (χ0) is 22.2. The highest BCUT2D eigenvalue weighted by Gasteiger charge is 2.33. The number of rotatable bonds is 6. The molecule has 3 amide bonds. The number of benzene rings is 1. The van der Waals surface area contributed by atoms with Gasteiger partial charge < -0.3 is 24.6 Å². The van der Waals surface area contributed by atoms with Crippen molar-refractivity contribution >= 4 is 23.6 Å². The molecule has 2 heterocycles. The van der Waals surface area contributed by atoms with Gasteiger partial charge in [0.05, 0.1) is 25.4 Å². The lowest BCUT2D eigenvalue weighted by molar-refractivity contribution is -0.137. The lowest BCUT2D eigenvalue weighted by atomic mass is 9.81. The number of hydrogen-bond donors (Lipinski definition) is 1. The largest absolute Gasteiger partial charge is 0.462 e. The van der Waals surface area contributed by atoms with Gasteiger partial charge >= 0.3 is 12.0 Å². The fourth-order valence-corrected chi connectivity index (χ4v) is 4.30. The number of urea groups is 1. The van der Waals surface area contributed by atoms with E-state index in [1.165, 1.54) is 0 Å². The number of carbonyl (C=O) groups excluding carboxylic acids is 3. The van der Waals surface area contributed by atoms with Crippen molar-refractivity contribution in [2.75, 3.05) is 51.3 Å². The second-order valence-electron chi connectivity index (χ2n) is 8.09. The Morgan fingerprint density at radius 2 is 1.87 bits per heavy atom. The lowest BCUT2D eigenvalue weighted by Gasteiger charge is -2.39. The molecule has 0 aliphatic carbocycles. The standard InChI is InChI=1S/C23H33N3O5/c1-3-17-16-26(9-8-18(17)15-21(27)25-10-12-30-13-11-25)23(29)24-20-7-5-6-19(14-20)22(28)31-4-2/h5-7,14,17-18H,3-4,8-13,15-16H2,1-2H3,(H,24,29). The fourth-order valence-electron chi connectivity index (χ4n) is 4.30. The Labute approximate surface area is 183 Å². The number of morpholine rings is 1. The number of ether oxygens (including phenoxy) is 2. The lowest BCUT2D eigenvalue weighted by Crippen LogP contribution is -2.47. The highest BCUT2D eigenvalue weighted by molar-refractivity contribution is 5.94. The fraction of sp³-hybridized carbons (Fsp3) is 0.609. The van der Waals surface area contributed by atoms with Gasteiger partial charge in [-0.25, -0.2) is 9.59 Å². The number of hydrogen-bond acceptors (Lipinski definition) is 5. The van der Waals surface area contributed by atoms with E-state index in [9.17, 15) is 14.4 Å². The molecule has 2 atom stereocenters. The molecule has 8 heteroatoms. The van der Waals surface area contributed by atoms with Crippen molar-refractivity contribution in [1.82, 2.24) is 9.80 Å². The van der Waals surface area contributed by atoms with Crippen LogP contribution in [0.2, 0.25) is 0 Å². The maximum absolute atomic E-state index is 12.8. The summed E-state index contributed by atoms with van der Waals surface area (Å²) < 4.78 is 10.4. The number of likely N-dealkylation sites (tertiary alicyclic amines) is 1. The monoisotopic (exact) mass is 431 g/mol. The molecule has 170 valence electrons. The molecule has 2 fully saturated rings. The molecule has 1 aromatic rings. The minimum absolute atomic E-state index is 0.183. The molecule has 0 spiro atoms. The van der Waals surface area contributed by atoms with Crippen LogP contribution >= 0.6 is 0 Å². The Kier molecular flexibility index (Phi) is 8.28. The molecular weight excluding hydrogens is 398 g/mol. The second-order valence-corrected chi connectivity index (χ2v) is 8.09. The van der Waals surface area contributed by atoms with Gasteiger partial charge in [0.25, 0.3) is 0 Å². The highest BCUT2D eigenvalue weighted by Crippen LogP contribution is 2.30. The molecule has 2 unspecified atom stereocenters. The zero-order valence-corrected chi connectivity index (χ0v) is 18.5. The summed E-state index contributed by atoms with van der Waals surface area (Å²) in [5.41, 5.74) is 0.972. The first-order valence-electron chi connectivity index (χ1n) is 11.2. The number of piperidine rings is 1. The third-order valence-electron chi connectivity index (χ3n) is 6.13. The second kappa shape index (κ2) is 11.1. The maximum atomic E-state index is 12.8. The summed E-state index contributed by atoms with van der Waals surface area (Å²) in [6.07, 6.45) is 2.27. The number of nitrogens with zero attached hydrogens (tertiary/aromatic N) is 2. The van der Waals surface area contributed by atoms with E-state index in [1.807, 2.05) is 4.90 Å². The summed E-state index contributed by atoms with van der Waals surface area (Å²) in [5, 5.41) is 2.89. The molecule has 0 bridgehead atoms. The average Bonchev–Trinajstić information content (AvgIpc) is 2.80. The van der Waals surface area contributed by atoms with Gasteiger partial charge in [0, 0.05) is 38.3 Å². The van der Waals surface area contributed by atoms with Gasteiger partial charge in [-0.3, -0.25) is 4.79 Å². The topological polar surface area (TPSA) is 88.2 Å². The minimum atomic E-state index is -0.407. The first-order chi connectivity index (χ1) is 15.0. The van der Waals surface area contributed by atoms with E-state index >= 15 is 0 Å². The Morgan fingerprint density at radius 1 is 1.10 bits per heavy atom. The van der Waals surface area contributed by atoms with Gasteiger partial charge in [-0.2, -0.15) is 0 Å². The maximum Gasteiger partial charge on any atom is 0.338 e. The van der Waals surface area contributed by atoms with Crippen molar-refractivity contribution in [3.63, 3.8) is 0 Å². The zero-order valence-electron chi connectivity index (χ0n) is 18.5. The van der Waals surface area contributed by atoms with Gasteiger partial charge in [-0.05, 0) is 43.4 Å². The smallest absolute Gasteiger partial charge is 0.338 e. The van der Waals surface area contributed by atoms with E-state index < -0.39 is 5.97 Å².